The van der Waals surface area contributed by atoms with Gasteiger partial charge in [0.05, 0.1) is 25.2 Å². The molecule has 3 aromatic rings. The van der Waals surface area contributed by atoms with Crippen molar-refractivity contribution in [1.82, 2.24) is 5.32 Å². The maximum absolute atomic E-state index is 13.2. The van der Waals surface area contributed by atoms with Crippen molar-refractivity contribution in [2.45, 2.75) is 20.5 Å². The number of nitrogens with zero attached hydrogens (tertiary/aromatic N) is 1. The molecule has 184 valence electrons. The van der Waals surface area contributed by atoms with Crippen LogP contribution in [0.1, 0.15) is 22.3 Å². The molecule has 1 saturated heterocycles. The Hall–Kier alpha value is -2.84. The summed E-state index contributed by atoms with van der Waals surface area (Å²) < 4.78 is 6.35. The Morgan fingerprint density at radius 1 is 0.917 bits per heavy atom. The summed E-state index contributed by atoms with van der Waals surface area (Å²) >= 11 is 21.9. The van der Waals surface area contributed by atoms with Gasteiger partial charge in [0, 0.05) is 0 Å². The van der Waals surface area contributed by atoms with Crippen LogP contribution in [0, 0.1) is 13.8 Å². The molecule has 0 bridgehead atoms. The molecule has 0 aromatic heterocycles. The molecule has 0 radical (unpaired) electrons. The molecule has 0 saturated carbocycles. The van der Waals surface area contributed by atoms with Gasteiger partial charge in [-0.15, -0.1) is 0 Å². The van der Waals surface area contributed by atoms with Gasteiger partial charge in [-0.2, -0.15) is 0 Å². The molecule has 1 N–H and O–H groups in total. The van der Waals surface area contributed by atoms with E-state index in [2.05, 4.69) is 21.2 Å². The zero-order valence-corrected chi connectivity index (χ0v) is 22.8. The van der Waals surface area contributed by atoms with E-state index in [0.717, 1.165) is 21.6 Å². The Labute approximate surface area is 230 Å². The molecule has 0 aliphatic carbocycles. The highest BCUT2D eigenvalue weighted by molar-refractivity contribution is 9.10. The van der Waals surface area contributed by atoms with Crippen LogP contribution >= 0.6 is 50.7 Å². The summed E-state index contributed by atoms with van der Waals surface area (Å²) in [6.45, 7) is 3.90. The number of rotatable bonds is 5. The number of hydrogen-bond donors (Lipinski definition) is 1. The van der Waals surface area contributed by atoms with E-state index in [-0.39, 0.29) is 17.2 Å². The Bertz CT molecular complexity index is 1410. The maximum Gasteiger partial charge on any atom is 0.335 e. The van der Waals surface area contributed by atoms with E-state index in [0.29, 0.717) is 31.5 Å². The van der Waals surface area contributed by atoms with E-state index in [1.807, 2.05) is 19.9 Å². The third-order valence-corrected chi connectivity index (χ3v) is 6.87. The molecular formula is C26H18BrCl3N2O4. The van der Waals surface area contributed by atoms with Gasteiger partial charge >= 0.3 is 6.03 Å². The molecule has 0 atom stereocenters. The number of ether oxygens (including phenoxy) is 1. The average molecular weight is 609 g/mol. The van der Waals surface area contributed by atoms with Crippen LogP contribution < -0.4 is 15.0 Å². The minimum Gasteiger partial charge on any atom is -0.486 e. The molecular weight excluding hydrogens is 591 g/mol. The molecule has 1 aliphatic rings. The van der Waals surface area contributed by atoms with Gasteiger partial charge in [0.25, 0.3) is 11.8 Å². The van der Waals surface area contributed by atoms with Gasteiger partial charge in [-0.1, -0.05) is 46.9 Å². The Morgan fingerprint density at radius 3 is 2.25 bits per heavy atom. The lowest BCUT2D eigenvalue weighted by atomic mass is 10.1. The number of hydrogen-bond acceptors (Lipinski definition) is 4. The lowest BCUT2D eigenvalue weighted by Crippen LogP contribution is -2.54. The normalized spacial score (nSPS) is 14.9. The molecule has 1 aliphatic heterocycles. The van der Waals surface area contributed by atoms with Crippen molar-refractivity contribution in [3.8, 4) is 5.75 Å². The first-order chi connectivity index (χ1) is 17.0. The Kier molecular flexibility index (Phi) is 7.76. The van der Waals surface area contributed by atoms with Crippen LogP contribution in [0.3, 0.4) is 0 Å². The topological polar surface area (TPSA) is 75.7 Å². The highest BCUT2D eigenvalue weighted by atomic mass is 79.9. The number of nitrogens with one attached hydrogen (secondary N) is 1. The monoisotopic (exact) mass is 606 g/mol. The summed E-state index contributed by atoms with van der Waals surface area (Å²) in [6.07, 6.45) is 1.37. The summed E-state index contributed by atoms with van der Waals surface area (Å²) in [4.78, 5) is 39.2. The van der Waals surface area contributed by atoms with E-state index in [9.17, 15) is 14.4 Å². The van der Waals surface area contributed by atoms with Crippen molar-refractivity contribution in [3.63, 3.8) is 0 Å². The largest absolute Gasteiger partial charge is 0.486 e. The third kappa shape index (κ3) is 5.60. The summed E-state index contributed by atoms with van der Waals surface area (Å²) in [7, 11) is 0. The second kappa shape index (κ2) is 10.6. The zero-order valence-electron chi connectivity index (χ0n) is 19.0. The van der Waals surface area contributed by atoms with Crippen LogP contribution in [0.4, 0.5) is 10.5 Å². The van der Waals surface area contributed by atoms with Gasteiger partial charge in [-0.3, -0.25) is 14.9 Å². The third-order valence-electron chi connectivity index (χ3n) is 5.27. The van der Waals surface area contributed by atoms with Crippen molar-refractivity contribution in [3.05, 3.63) is 95.9 Å². The number of urea groups is 1. The zero-order chi connectivity index (χ0) is 26.1. The first-order valence-corrected chi connectivity index (χ1v) is 12.5. The summed E-state index contributed by atoms with van der Waals surface area (Å²) in [5.74, 6) is -1.16. The van der Waals surface area contributed by atoms with E-state index in [1.54, 1.807) is 42.5 Å². The van der Waals surface area contributed by atoms with E-state index >= 15 is 0 Å². The molecule has 10 heteroatoms. The van der Waals surface area contributed by atoms with Gasteiger partial charge < -0.3 is 4.74 Å². The van der Waals surface area contributed by atoms with Gasteiger partial charge in [-0.05, 0) is 94.5 Å². The van der Waals surface area contributed by atoms with Crippen molar-refractivity contribution in [1.29, 1.82) is 0 Å². The lowest BCUT2D eigenvalue weighted by Gasteiger charge is -2.27. The van der Waals surface area contributed by atoms with Crippen LogP contribution in [0.5, 0.6) is 5.75 Å². The molecule has 4 amide bonds. The van der Waals surface area contributed by atoms with Crippen LogP contribution in [-0.4, -0.2) is 17.8 Å². The maximum atomic E-state index is 13.2. The van der Waals surface area contributed by atoms with Gasteiger partial charge in [-0.25, -0.2) is 9.69 Å². The summed E-state index contributed by atoms with van der Waals surface area (Å²) in [5.41, 5.74) is 3.17. The van der Waals surface area contributed by atoms with Crippen molar-refractivity contribution in [2.75, 3.05) is 4.90 Å². The van der Waals surface area contributed by atoms with Gasteiger partial charge in [0.1, 0.15) is 12.2 Å². The van der Waals surface area contributed by atoms with Crippen molar-refractivity contribution >= 4 is 80.3 Å². The highest BCUT2D eigenvalue weighted by Crippen LogP contribution is 2.36. The number of halogens is 4. The van der Waals surface area contributed by atoms with Crippen LogP contribution in [-0.2, 0) is 16.2 Å². The average Bonchev–Trinajstić information content (AvgIpc) is 2.77. The standard InChI is InChI=1S/C26H18BrCl3N2O4/c1-13-5-14(2)7-17(6-13)32-25(34)18(24(33)31-26(32)35)8-16-9-19(27)23(22(30)11-16)36-12-15-3-4-20(28)21(29)10-15/h3-11H,12H2,1-2H3,(H,31,33,35)/b18-8+. The number of aryl methyl sites for hydroxylation is 2. The molecule has 6 nitrogen and oxygen atoms in total. The smallest absolute Gasteiger partial charge is 0.335 e. The fourth-order valence-electron chi connectivity index (χ4n) is 3.72. The molecule has 3 aromatic carbocycles. The lowest BCUT2D eigenvalue weighted by molar-refractivity contribution is -0.122. The van der Waals surface area contributed by atoms with E-state index in [1.165, 1.54) is 6.08 Å². The SMILES string of the molecule is Cc1cc(C)cc(N2C(=O)NC(=O)/C(=C\c3cc(Cl)c(OCc4ccc(Cl)c(Cl)c4)c(Br)c3)C2=O)c1. The minimum atomic E-state index is -0.808. The van der Waals surface area contributed by atoms with E-state index < -0.39 is 17.8 Å². The van der Waals surface area contributed by atoms with E-state index in [4.69, 9.17) is 39.5 Å². The number of carbonyl (C=O) groups is 3. The number of barbiturate groups is 1. The molecule has 4 rings (SSSR count). The second-order valence-electron chi connectivity index (χ2n) is 8.15. The first kappa shape index (κ1) is 26.2. The quantitative estimate of drug-likeness (QED) is 0.244. The second-order valence-corrected chi connectivity index (χ2v) is 10.2. The van der Waals surface area contributed by atoms with Crippen LogP contribution in [0.2, 0.25) is 15.1 Å². The molecule has 0 spiro atoms. The molecule has 36 heavy (non-hydrogen) atoms. The number of anilines is 1. The van der Waals surface area contributed by atoms with Crippen molar-refractivity contribution in [2.24, 2.45) is 0 Å². The number of benzene rings is 3. The van der Waals surface area contributed by atoms with Gasteiger partial charge in [0.15, 0.2) is 5.75 Å². The fraction of sp³-hybridized carbons (Fsp3) is 0.115. The number of amides is 4. The minimum absolute atomic E-state index is 0.184. The number of carbonyl (C=O) groups excluding carboxylic acids is 3. The molecule has 0 unspecified atom stereocenters. The predicted octanol–water partition coefficient (Wildman–Crippen LogP) is 7.27. The summed E-state index contributed by atoms with van der Waals surface area (Å²) in [6, 6.07) is 12.9. The highest BCUT2D eigenvalue weighted by Gasteiger charge is 2.37. The van der Waals surface area contributed by atoms with Crippen LogP contribution in [0.25, 0.3) is 6.08 Å². The van der Waals surface area contributed by atoms with Crippen LogP contribution in [0.15, 0.2) is 58.6 Å². The first-order valence-electron chi connectivity index (χ1n) is 10.6. The Morgan fingerprint density at radius 2 is 1.61 bits per heavy atom. The predicted molar refractivity (Wildman–Crippen MR) is 145 cm³/mol. The van der Waals surface area contributed by atoms with Gasteiger partial charge in [0.2, 0.25) is 0 Å². The number of imide groups is 2. The fourth-order valence-corrected chi connectivity index (χ4v) is 5.03. The Balaban J connectivity index is 1.61. The molecule has 1 fully saturated rings. The molecule has 1 heterocycles. The van der Waals surface area contributed by atoms with Crippen molar-refractivity contribution < 1.29 is 19.1 Å². The summed E-state index contributed by atoms with van der Waals surface area (Å²) in [5, 5.41) is 3.33.